The van der Waals surface area contributed by atoms with Gasteiger partial charge in [0, 0.05) is 5.92 Å². The van der Waals surface area contributed by atoms with Crippen molar-refractivity contribution >= 4 is 17.9 Å². The summed E-state index contributed by atoms with van der Waals surface area (Å²) < 4.78 is 0. The molecule has 0 saturated carbocycles. The summed E-state index contributed by atoms with van der Waals surface area (Å²) in [5.41, 5.74) is 0. The maximum Gasteiger partial charge on any atom is 0.261 e. The van der Waals surface area contributed by atoms with Gasteiger partial charge in [-0.2, -0.15) is 0 Å². The van der Waals surface area contributed by atoms with Crippen molar-refractivity contribution in [2.75, 3.05) is 0 Å². The SMILES string of the molecule is CCC(C)C(=O)C(=O)C=O. The van der Waals surface area contributed by atoms with Crippen LogP contribution < -0.4 is 0 Å². The summed E-state index contributed by atoms with van der Waals surface area (Å²) in [6.07, 6.45) is 0.660. The number of hydrogen-bond donors (Lipinski definition) is 0. The van der Waals surface area contributed by atoms with E-state index in [1.165, 1.54) is 0 Å². The zero-order chi connectivity index (χ0) is 8.15. The van der Waals surface area contributed by atoms with Crippen LogP contribution in [0.4, 0.5) is 0 Å². The fourth-order valence-electron chi connectivity index (χ4n) is 0.486. The van der Waals surface area contributed by atoms with Gasteiger partial charge in [0.25, 0.3) is 5.78 Å². The molecule has 0 aromatic heterocycles. The van der Waals surface area contributed by atoms with Gasteiger partial charge < -0.3 is 0 Å². The monoisotopic (exact) mass is 142 g/mol. The number of ketones is 2. The second-order valence-corrected chi connectivity index (χ2v) is 2.16. The molecule has 1 atom stereocenters. The van der Waals surface area contributed by atoms with Crippen molar-refractivity contribution in [1.29, 1.82) is 0 Å². The molecular weight excluding hydrogens is 132 g/mol. The summed E-state index contributed by atoms with van der Waals surface area (Å²) >= 11 is 0. The van der Waals surface area contributed by atoms with Gasteiger partial charge in [0.1, 0.15) is 0 Å². The second kappa shape index (κ2) is 3.93. The van der Waals surface area contributed by atoms with E-state index in [0.29, 0.717) is 6.42 Å². The lowest BCUT2D eigenvalue weighted by Crippen LogP contribution is -2.21. The number of hydrogen-bond acceptors (Lipinski definition) is 3. The molecule has 0 saturated heterocycles. The van der Waals surface area contributed by atoms with Gasteiger partial charge in [-0.15, -0.1) is 0 Å². The van der Waals surface area contributed by atoms with Crippen LogP contribution in [0.5, 0.6) is 0 Å². The Bertz CT molecular complexity index is 160. The first-order chi connectivity index (χ1) is 4.63. The lowest BCUT2D eigenvalue weighted by molar-refractivity contribution is -0.141. The van der Waals surface area contributed by atoms with Gasteiger partial charge in [0.2, 0.25) is 5.78 Å². The highest BCUT2D eigenvalue weighted by atomic mass is 16.2. The van der Waals surface area contributed by atoms with Gasteiger partial charge in [-0.25, -0.2) is 0 Å². The van der Waals surface area contributed by atoms with Crippen molar-refractivity contribution in [1.82, 2.24) is 0 Å². The van der Waals surface area contributed by atoms with Crippen molar-refractivity contribution in [3.63, 3.8) is 0 Å². The van der Waals surface area contributed by atoms with Crippen LogP contribution in [0.2, 0.25) is 0 Å². The van der Waals surface area contributed by atoms with Crippen LogP contribution in [0.3, 0.4) is 0 Å². The van der Waals surface area contributed by atoms with Gasteiger partial charge in [-0.3, -0.25) is 14.4 Å². The van der Waals surface area contributed by atoms with E-state index in [-0.39, 0.29) is 12.2 Å². The summed E-state index contributed by atoms with van der Waals surface area (Å²) in [7, 11) is 0. The fourth-order valence-corrected chi connectivity index (χ4v) is 0.486. The van der Waals surface area contributed by atoms with Gasteiger partial charge in [0.05, 0.1) is 0 Å². The van der Waals surface area contributed by atoms with Crippen LogP contribution in [0.25, 0.3) is 0 Å². The quantitative estimate of drug-likeness (QED) is 0.323. The first kappa shape index (κ1) is 9.01. The van der Waals surface area contributed by atoms with Crippen molar-refractivity contribution in [3.05, 3.63) is 0 Å². The summed E-state index contributed by atoms with van der Waals surface area (Å²) in [4.78, 5) is 30.9. The molecule has 0 aromatic carbocycles. The third-order valence-electron chi connectivity index (χ3n) is 1.41. The molecule has 56 valence electrons. The van der Waals surface area contributed by atoms with Crippen molar-refractivity contribution in [2.45, 2.75) is 20.3 Å². The lowest BCUT2D eigenvalue weighted by atomic mass is 10.0. The highest BCUT2D eigenvalue weighted by Gasteiger charge is 2.17. The molecule has 3 nitrogen and oxygen atoms in total. The molecule has 0 aliphatic carbocycles. The zero-order valence-electron chi connectivity index (χ0n) is 6.09. The minimum Gasteiger partial charge on any atom is -0.294 e. The Morgan fingerprint density at radius 3 is 2.30 bits per heavy atom. The Kier molecular flexibility index (Phi) is 3.54. The number of aldehydes is 1. The summed E-state index contributed by atoms with van der Waals surface area (Å²) in [6.45, 7) is 3.42. The first-order valence-electron chi connectivity index (χ1n) is 3.16. The number of carbonyl (C=O) groups is 3. The van der Waals surface area contributed by atoms with Crippen LogP contribution >= 0.6 is 0 Å². The van der Waals surface area contributed by atoms with Crippen LogP contribution in [0, 0.1) is 5.92 Å². The maximum absolute atomic E-state index is 10.7. The van der Waals surface area contributed by atoms with E-state index < -0.39 is 11.6 Å². The maximum atomic E-state index is 10.7. The molecule has 0 aliphatic rings. The fraction of sp³-hybridized carbons (Fsp3) is 0.571. The first-order valence-corrected chi connectivity index (χ1v) is 3.16. The van der Waals surface area contributed by atoms with Crippen molar-refractivity contribution in [3.8, 4) is 0 Å². The summed E-state index contributed by atoms with van der Waals surface area (Å²) in [6, 6.07) is 0. The van der Waals surface area contributed by atoms with Crippen LogP contribution in [-0.4, -0.2) is 17.9 Å². The molecule has 0 bridgehead atoms. The average Bonchev–Trinajstić information content (AvgIpc) is 2.00. The van der Waals surface area contributed by atoms with Crippen LogP contribution in [0.1, 0.15) is 20.3 Å². The van der Waals surface area contributed by atoms with E-state index in [0.717, 1.165) is 0 Å². The molecule has 0 aromatic rings. The van der Waals surface area contributed by atoms with E-state index in [1.54, 1.807) is 13.8 Å². The Morgan fingerprint density at radius 1 is 1.50 bits per heavy atom. The topological polar surface area (TPSA) is 51.2 Å². The molecule has 0 radical (unpaired) electrons. The van der Waals surface area contributed by atoms with E-state index in [4.69, 9.17) is 0 Å². The Labute approximate surface area is 59.4 Å². The van der Waals surface area contributed by atoms with Gasteiger partial charge >= 0.3 is 0 Å². The molecule has 0 spiro atoms. The minimum atomic E-state index is -0.922. The van der Waals surface area contributed by atoms with E-state index in [2.05, 4.69) is 0 Å². The smallest absolute Gasteiger partial charge is 0.261 e. The number of carbonyl (C=O) groups excluding carboxylic acids is 3. The van der Waals surface area contributed by atoms with Gasteiger partial charge in [-0.1, -0.05) is 13.8 Å². The predicted molar refractivity (Wildman–Crippen MR) is 35.5 cm³/mol. The van der Waals surface area contributed by atoms with Crippen LogP contribution in [-0.2, 0) is 14.4 Å². The molecule has 0 rings (SSSR count). The van der Waals surface area contributed by atoms with E-state index >= 15 is 0 Å². The lowest BCUT2D eigenvalue weighted by Gasteiger charge is -2.00. The average molecular weight is 142 g/mol. The third kappa shape index (κ3) is 2.09. The molecular formula is C7H10O3. The summed E-state index contributed by atoms with van der Waals surface area (Å²) in [5, 5.41) is 0. The summed E-state index contributed by atoms with van der Waals surface area (Å²) in [5.74, 6) is -1.83. The number of Topliss-reactive ketones (excluding diaryl/α,β-unsaturated/α-hetero) is 2. The Morgan fingerprint density at radius 2 is 2.00 bits per heavy atom. The molecule has 0 N–H and O–H groups in total. The predicted octanol–water partition coefficient (Wildman–Crippen LogP) is 0.370. The molecule has 0 fully saturated rings. The minimum absolute atomic E-state index is 0.0640. The number of rotatable bonds is 4. The zero-order valence-corrected chi connectivity index (χ0v) is 6.09. The largest absolute Gasteiger partial charge is 0.294 e. The Balaban J connectivity index is 4.07. The van der Waals surface area contributed by atoms with Crippen LogP contribution in [0.15, 0.2) is 0 Å². The Hall–Kier alpha value is -0.990. The molecule has 10 heavy (non-hydrogen) atoms. The molecule has 0 amide bonds. The highest BCUT2D eigenvalue weighted by molar-refractivity contribution is 6.58. The van der Waals surface area contributed by atoms with E-state index in [1.807, 2.05) is 0 Å². The molecule has 3 heteroatoms. The third-order valence-corrected chi connectivity index (χ3v) is 1.41. The molecule has 0 heterocycles. The molecule has 1 unspecified atom stereocenters. The second-order valence-electron chi connectivity index (χ2n) is 2.16. The van der Waals surface area contributed by atoms with Crippen molar-refractivity contribution in [2.24, 2.45) is 5.92 Å². The van der Waals surface area contributed by atoms with Crippen molar-refractivity contribution < 1.29 is 14.4 Å². The van der Waals surface area contributed by atoms with Gasteiger partial charge in [-0.05, 0) is 6.42 Å². The standard InChI is InChI=1S/C7H10O3/c1-3-5(2)7(10)6(9)4-8/h4-5H,3H2,1-2H3. The van der Waals surface area contributed by atoms with E-state index in [9.17, 15) is 14.4 Å². The normalized spacial score (nSPS) is 12.2. The molecule has 0 aliphatic heterocycles. The highest BCUT2D eigenvalue weighted by Crippen LogP contribution is 2.01. The van der Waals surface area contributed by atoms with Gasteiger partial charge in [0.15, 0.2) is 6.29 Å².